The number of thiazole rings is 1. The quantitative estimate of drug-likeness (QED) is 0.727. The molecule has 0 unspecified atom stereocenters. The van der Waals surface area contributed by atoms with E-state index in [1.54, 1.807) is 23.7 Å². The van der Waals surface area contributed by atoms with Crippen molar-refractivity contribution in [1.82, 2.24) is 15.3 Å². The van der Waals surface area contributed by atoms with Gasteiger partial charge in [0.25, 0.3) is 0 Å². The summed E-state index contributed by atoms with van der Waals surface area (Å²) in [6, 6.07) is 12.2. The maximum Gasteiger partial charge on any atom is 0.220 e. The van der Waals surface area contributed by atoms with Crippen LogP contribution in [0.5, 0.6) is 0 Å². The Kier molecular flexibility index (Phi) is 5.22. The zero-order valence-corrected chi connectivity index (χ0v) is 15.2. The highest BCUT2D eigenvalue weighted by atomic mass is 32.1. The first kappa shape index (κ1) is 17.1. The smallest absolute Gasteiger partial charge is 0.220 e. The van der Waals surface area contributed by atoms with E-state index >= 15 is 0 Å². The molecule has 1 amide bonds. The molecule has 134 valence electrons. The Morgan fingerprint density at radius 1 is 1.19 bits per heavy atom. The van der Waals surface area contributed by atoms with Crippen LogP contribution in [-0.4, -0.2) is 35.1 Å². The van der Waals surface area contributed by atoms with Crippen LogP contribution < -0.4 is 5.32 Å². The number of carbonyl (C=O) groups excluding carboxylic acids is 1. The highest BCUT2D eigenvalue weighted by Crippen LogP contribution is 2.23. The van der Waals surface area contributed by atoms with Crippen LogP contribution in [0.4, 0.5) is 0 Å². The number of carbonyl (C=O) groups is 1. The van der Waals surface area contributed by atoms with Crippen LogP contribution in [0.3, 0.4) is 0 Å². The number of amides is 1. The van der Waals surface area contributed by atoms with Gasteiger partial charge in [-0.2, -0.15) is 0 Å². The summed E-state index contributed by atoms with van der Waals surface area (Å²) < 4.78 is 6.78. The summed E-state index contributed by atoms with van der Waals surface area (Å²) in [4.78, 5) is 21.0. The van der Waals surface area contributed by atoms with Gasteiger partial charge in [-0.3, -0.25) is 9.78 Å². The average Bonchev–Trinajstić information content (AvgIpc) is 3.27. The molecule has 1 aliphatic rings. The fourth-order valence-electron chi connectivity index (χ4n) is 3.31. The fourth-order valence-corrected chi connectivity index (χ4v) is 4.27. The molecule has 1 fully saturated rings. The highest BCUT2D eigenvalue weighted by Gasteiger charge is 2.29. The molecule has 1 aliphatic heterocycles. The molecule has 0 spiro atoms. The van der Waals surface area contributed by atoms with Crippen LogP contribution >= 0.6 is 11.3 Å². The molecule has 26 heavy (non-hydrogen) atoms. The predicted molar refractivity (Wildman–Crippen MR) is 102 cm³/mol. The third-order valence-corrected chi connectivity index (χ3v) is 5.79. The van der Waals surface area contributed by atoms with Gasteiger partial charge in [-0.05, 0) is 36.2 Å². The van der Waals surface area contributed by atoms with Gasteiger partial charge >= 0.3 is 0 Å². The summed E-state index contributed by atoms with van der Waals surface area (Å²) in [6.45, 7) is 1.27. The molecule has 2 atom stereocenters. The van der Waals surface area contributed by atoms with Crippen LogP contribution in [0, 0.1) is 5.92 Å². The second kappa shape index (κ2) is 7.93. The van der Waals surface area contributed by atoms with Crippen molar-refractivity contribution in [2.24, 2.45) is 5.92 Å². The van der Waals surface area contributed by atoms with Crippen molar-refractivity contribution in [1.29, 1.82) is 0 Å². The van der Waals surface area contributed by atoms with E-state index < -0.39 is 0 Å². The molecule has 1 N–H and O–H groups in total. The Hall–Kier alpha value is -2.31. The van der Waals surface area contributed by atoms with E-state index in [4.69, 9.17) is 4.74 Å². The maximum atomic E-state index is 12.4. The molecule has 0 radical (unpaired) electrons. The predicted octanol–water partition coefficient (Wildman–Crippen LogP) is 3.00. The van der Waals surface area contributed by atoms with E-state index in [1.807, 2.05) is 30.3 Å². The summed E-state index contributed by atoms with van der Waals surface area (Å²) in [7, 11) is 0. The van der Waals surface area contributed by atoms with Crippen molar-refractivity contribution < 1.29 is 9.53 Å². The highest BCUT2D eigenvalue weighted by molar-refractivity contribution is 7.18. The molecule has 1 saturated heterocycles. The Morgan fingerprint density at radius 3 is 2.88 bits per heavy atom. The second-order valence-corrected chi connectivity index (χ2v) is 7.72. The lowest BCUT2D eigenvalue weighted by Gasteiger charge is -2.19. The third-order valence-electron chi connectivity index (χ3n) is 4.70. The van der Waals surface area contributed by atoms with Crippen LogP contribution in [-0.2, 0) is 22.4 Å². The zero-order valence-electron chi connectivity index (χ0n) is 14.4. The first-order chi connectivity index (χ1) is 12.8. The van der Waals surface area contributed by atoms with E-state index in [1.165, 1.54) is 10.3 Å². The first-order valence-electron chi connectivity index (χ1n) is 8.88. The minimum Gasteiger partial charge on any atom is -0.379 e. The van der Waals surface area contributed by atoms with E-state index in [-0.39, 0.29) is 11.9 Å². The van der Waals surface area contributed by atoms with Gasteiger partial charge in [-0.25, -0.2) is 4.98 Å². The summed E-state index contributed by atoms with van der Waals surface area (Å²) in [5.74, 6) is 0.378. The van der Waals surface area contributed by atoms with Gasteiger partial charge in [0, 0.05) is 31.2 Å². The van der Waals surface area contributed by atoms with Crippen LogP contribution in [0.2, 0.25) is 0 Å². The lowest BCUT2D eigenvalue weighted by Crippen LogP contribution is -2.40. The largest absolute Gasteiger partial charge is 0.379 e. The number of aryl methyl sites for hydroxylation is 1. The number of para-hydroxylation sites is 1. The second-order valence-electron chi connectivity index (χ2n) is 6.61. The van der Waals surface area contributed by atoms with E-state index in [2.05, 4.69) is 21.4 Å². The number of pyridine rings is 1. The van der Waals surface area contributed by atoms with Crippen molar-refractivity contribution in [2.45, 2.75) is 25.3 Å². The number of aromatic nitrogens is 2. The standard InChI is InChI=1S/C20H21N3O2S/c24-19(5-6-20-23-16-3-1-2-4-18(16)26-20)22-17-13-25-12-15(17)11-14-7-9-21-10-8-14/h1-4,7-10,15,17H,5-6,11-13H2,(H,22,24)/t15-,17+/m1/s1. The lowest BCUT2D eigenvalue weighted by molar-refractivity contribution is -0.122. The number of ether oxygens (including phenoxy) is 1. The van der Waals surface area contributed by atoms with Crippen molar-refractivity contribution in [3.63, 3.8) is 0 Å². The molecule has 3 aromatic rings. The van der Waals surface area contributed by atoms with E-state index in [0.29, 0.717) is 32.0 Å². The van der Waals surface area contributed by atoms with Gasteiger partial charge in [0.2, 0.25) is 5.91 Å². The van der Waals surface area contributed by atoms with Crippen molar-refractivity contribution in [2.75, 3.05) is 13.2 Å². The zero-order chi connectivity index (χ0) is 17.8. The molecule has 0 bridgehead atoms. The first-order valence-corrected chi connectivity index (χ1v) is 9.70. The average molecular weight is 367 g/mol. The number of rotatable bonds is 6. The number of benzene rings is 1. The van der Waals surface area contributed by atoms with Crippen LogP contribution in [0.1, 0.15) is 17.0 Å². The normalized spacial score (nSPS) is 19.7. The number of fused-ring (bicyclic) bond motifs is 1. The van der Waals surface area contributed by atoms with Gasteiger partial charge in [0.1, 0.15) is 0 Å². The minimum atomic E-state index is 0.0690. The summed E-state index contributed by atoms with van der Waals surface area (Å²) in [5, 5.41) is 4.16. The van der Waals surface area contributed by atoms with Gasteiger partial charge in [-0.1, -0.05) is 12.1 Å². The SMILES string of the molecule is O=C(CCc1nc2ccccc2s1)N[C@H]1COC[C@H]1Cc1ccncc1. The number of nitrogens with zero attached hydrogens (tertiary/aromatic N) is 2. The number of nitrogens with one attached hydrogen (secondary N) is 1. The Morgan fingerprint density at radius 2 is 2.04 bits per heavy atom. The Bertz CT molecular complexity index is 848. The van der Waals surface area contributed by atoms with Crippen LogP contribution in [0.15, 0.2) is 48.8 Å². The fraction of sp³-hybridized carbons (Fsp3) is 0.350. The third kappa shape index (κ3) is 4.08. The molecule has 4 rings (SSSR count). The van der Waals surface area contributed by atoms with Crippen molar-refractivity contribution in [3.8, 4) is 0 Å². The summed E-state index contributed by atoms with van der Waals surface area (Å²) in [5.41, 5.74) is 2.23. The number of hydrogen-bond donors (Lipinski definition) is 1. The van der Waals surface area contributed by atoms with Gasteiger partial charge < -0.3 is 10.1 Å². The minimum absolute atomic E-state index is 0.0690. The molecule has 0 aliphatic carbocycles. The molecule has 0 saturated carbocycles. The topological polar surface area (TPSA) is 64.1 Å². The molecule has 5 nitrogen and oxygen atoms in total. The van der Waals surface area contributed by atoms with Crippen LogP contribution in [0.25, 0.3) is 10.2 Å². The molecular formula is C20H21N3O2S. The molecular weight excluding hydrogens is 346 g/mol. The van der Waals surface area contributed by atoms with E-state index in [0.717, 1.165) is 16.9 Å². The summed E-state index contributed by atoms with van der Waals surface area (Å²) in [6.07, 6.45) is 5.63. The molecule has 1 aromatic carbocycles. The molecule has 2 aromatic heterocycles. The monoisotopic (exact) mass is 367 g/mol. The van der Waals surface area contributed by atoms with E-state index in [9.17, 15) is 4.79 Å². The van der Waals surface area contributed by atoms with Gasteiger partial charge in [0.15, 0.2) is 0 Å². The molecule has 3 heterocycles. The van der Waals surface area contributed by atoms with Crippen molar-refractivity contribution in [3.05, 3.63) is 59.4 Å². The summed E-state index contributed by atoms with van der Waals surface area (Å²) >= 11 is 1.66. The Labute approximate surface area is 156 Å². The van der Waals surface area contributed by atoms with Crippen molar-refractivity contribution >= 4 is 27.5 Å². The maximum absolute atomic E-state index is 12.4. The number of hydrogen-bond acceptors (Lipinski definition) is 5. The Balaban J connectivity index is 1.30. The molecule has 6 heteroatoms. The lowest BCUT2D eigenvalue weighted by atomic mass is 9.95. The van der Waals surface area contributed by atoms with Gasteiger partial charge in [0.05, 0.1) is 34.5 Å². The van der Waals surface area contributed by atoms with Gasteiger partial charge in [-0.15, -0.1) is 11.3 Å².